The van der Waals surface area contributed by atoms with Crippen molar-refractivity contribution in [3.05, 3.63) is 58.5 Å². The first-order valence-electron chi connectivity index (χ1n) is 5.72. The molecule has 0 saturated heterocycles. The number of carboxylic acids is 1. The predicted octanol–water partition coefficient (Wildman–Crippen LogP) is 4.01. The van der Waals surface area contributed by atoms with Crippen LogP contribution in [0.5, 0.6) is 0 Å². The first-order valence-corrected chi connectivity index (χ1v) is 6.48. The summed E-state index contributed by atoms with van der Waals surface area (Å²) in [6.45, 7) is 0. The molecule has 0 aliphatic heterocycles. The van der Waals surface area contributed by atoms with Crippen LogP contribution in [-0.4, -0.2) is 20.5 Å². The maximum absolute atomic E-state index is 11.4. The average Bonchev–Trinajstić information content (AvgIpc) is 2.86. The molecule has 0 atom stereocenters. The Bertz CT molecular complexity index is 827. The van der Waals surface area contributed by atoms with Gasteiger partial charge in [0.2, 0.25) is 0 Å². The number of aromatic nitrogens is 2. The fourth-order valence-electron chi connectivity index (χ4n) is 2.10. The molecule has 0 spiro atoms. The summed E-state index contributed by atoms with van der Waals surface area (Å²) < 4.78 is 1.74. The number of carboxylic acid groups (broad SMARTS) is 1. The van der Waals surface area contributed by atoms with Gasteiger partial charge in [-0.2, -0.15) is 0 Å². The zero-order valence-corrected chi connectivity index (χ0v) is 11.6. The Kier molecular flexibility index (Phi) is 3.12. The number of hydrogen-bond donors (Lipinski definition) is 1. The van der Waals surface area contributed by atoms with Crippen LogP contribution in [0.4, 0.5) is 0 Å². The van der Waals surface area contributed by atoms with E-state index in [0.717, 1.165) is 5.52 Å². The molecule has 1 aromatic carbocycles. The third-order valence-corrected chi connectivity index (χ3v) is 3.51. The number of hydrogen-bond acceptors (Lipinski definition) is 2. The fraction of sp³-hybridized carbons (Fsp3) is 0. The quantitative estimate of drug-likeness (QED) is 0.778. The molecule has 4 nitrogen and oxygen atoms in total. The Labute approximate surface area is 124 Å². The second kappa shape index (κ2) is 4.81. The van der Waals surface area contributed by atoms with Crippen LogP contribution in [0.3, 0.4) is 0 Å². The van der Waals surface area contributed by atoms with Crippen LogP contribution < -0.4 is 0 Å². The van der Waals surface area contributed by atoms with Crippen molar-refractivity contribution in [2.45, 2.75) is 0 Å². The highest BCUT2D eigenvalue weighted by atomic mass is 35.5. The molecular weight excluding hydrogens is 299 g/mol. The maximum Gasteiger partial charge on any atom is 0.356 e. The second-order valence-electron chi connectivity index (χ2n) is 4.19. The van der Waals surface area contributed by atoms with E-state index >= 15 is 0 Å². The van der Waals surface area contributed by atoms with Gasteiger partial charge in [0.25, 0.3) is 0 Å². The van der Waals surface area contributed by atoms with Crippen LogP contribution in [0, 0.1) is 0 Å². The summed E-state index contributed by atoms with van der Waals surface area (Å²) in [5, 5.41) is 10.2. The van der Waals surface area contributed by atoms with Gasteiger partial charge < -0.3 is 9.51 Å². The maximum atomic E-state index is 11.4. The van der Waals surface area contributed by atoms with Crippen molar-refractivity contribution in [2.24, 2.45) is 0 Å². The SMILES string of the molecule is O=C(O)c1ncc2cccn2c1-c1ccc(Cl)cc1Cl. The fourth-order valence-corrected chi connectivity index (χ4v) is 2.60. The number of halogens is 2. The molecule has 0 fully saturated rings. The van der Waals surface area contributed by atoms with Crippen molar-refractivity contribution in [2.75, 3.05) is 0 Å². The third kappa shape index (κ3) is 2.03. The Morgan fingerprint density at radius 3 is 2.75 bits per heavy atom. The van der Waals surface area contributed by atoms with Gasteiger partial charge in [-0.3, -0.25) is 0 Å². The molecule has 100 valence electrons. The zero-order chi connectivity index (χ0) is 14.3. The lowest BCUT2D eigenvalue weighted by Crippen LogP contribution is -2.07. The monoisotopic (exact) mass is 306 g/mol. The lowest BCUT2D eigenvalue weighted by atomic mass is 10.1. The molecule has 20 heavy (non-hydrogen) atoms. The molecule has 6 heteroatoms. The first-order chi connectivity index (χ1) is 9.58. The van der Waals surface area contributed by atoms with E-state index in [0.29, 0.717) is 21.3 Å². The van der Waals surface area contributed by atoms with Crippen LogP contribution in [0.2, 0.25) is 10.0 Å². The number of benzene rings is 1. The van der Waals surface area contributed by atoms with Gasteiger partial charge in [0.05, 0.1) is 22.4 Å². The van der Waals surface area contributed by atoms with E-state index in [9.17, 15) is 9.90 Å². The van der Waals surface area contributed by atoms with Crippen molar-refractivity contribution < 1.29 is 9.90 Å². The molecule has 1 N–H and O–H groups in total. The summed E-state index contributed by atoms with van der Waals surface area (Å²) in [4.78, 5) is 15.4. The standard InChI is InChI=1S/C14H8Cl2N2O2/c15-8-3-4-10(11(16)6-8)13-12(14(19)20)17-7-9-2-1-5-18(9)13/h1-7H,(H,19,20). The number of carbonyl (C=O) groups is 1. The van der Waals surface area contributed by atoms with E-state index in [4.69, 9.17) is 23.2 Å². The average molecular weight is 307 g/mol. The first kappa shape index (κ1) is 13.0. The van der Waals surface area contributed by atoms with Gasteiger partial charge in [0.15, 0.2) is 5.69 Å². The van der Waals surface area contributed by atoms with E-state index in [1.165, 1.54) is 6.20 Å². The van der Waals surface area contributed by atoms with Crippen molar-refractivity contribution in [1.82, 2.24) is 9.38 Å². The highest BCUT2D eigenvalue weighted by molar-refractivity contribution is 6.36. The highest BCUT2D eigenvalue weighted by Crippen LogP contribution is 2.32. The van der Waals surface area contributed by atoms with Crippen molar-refractivity contribution in [3.8, 4) is 11.3 Å². The smallest absolute Gasteiger partial charge is 0.356 e. The van der Waals surface area contributed by atoms with Crippen LogP contribution in [0.15, 0.2) is 42.7 Å². The molecule has 0 aliphatic carbocycles. The van der Waals surface area contributed by atoms with Gasteiger partial charge in [-0.1, -0.05) is 23.2 Å². The normalized spacial score (nSPS) is 10.9. The molecule has 2 heterocycles. The molecule has 0 aliphatic rings. The highest BCUT2D eigenvalue weighted by Gasteiger charge is 2.19. The van der Waals surface area contributed by atoms with Gasteiger partial charge >= 0.3 is 5.97 Å². The summed E-state index contributed by atoms with van der Waals surface area (Å²) in [6, 6.07) is 8.58. The molecule has 0 amide bonds. The lowest BCUT2D eigenvalue weighted by Gasteiger charge is -2.11. The number of nitrogens with zero attached hydrogens (tertiary/aromatic N) is 2. The molecule has 0 radical (unpaired) electrons. The van der Waals surface area contributed by atoms with E-state index < -0.39 is 5.97 Å². The molecule has 0 saturated carbocycles. The molecule has 3 aromatic rings. The third-order valence-electron chi connectivity index (χ3n) is 2.96. The Hall–Kier alpha value is -2.04. The molecule has 3 rings (SSSR count). The number of rotatable bonds is 2. The van der Waals surface area contributed by atoms with Gasteiger partial charge in [-0.25, -0.2) is 9.78 Å². The molecule has 0 unspecified atom stereocenters. The van der Waals surface area contributed by atoms with Crippen molar-refractivity contribution in [3.63, 3.8) is 0 Å². The number of fused-ring (bicyclic) bond motifs is 1. The van der Waals surface area contributed by atoms with Crippen LogP contribution in [0.25, 0.3) is 16.8 Å². The second-order valence-corrected chi connectivity index (χ2v) is 5.03. The van der Waals surface area contributed by atoms with E-state index in [2.05, 4.69) is 4.98 Å². The van der Waals surface area contributed by atoms with Crippen LogP contribution in [-0.2, 0) is 0 Å². The van der Waals surface area contributed by atoms with Crippen LogP contribution in [0.1, 0.15) is 10.5 Å². The molecular formula is C14H8Cl2N2O2. The Morgan fingerprint density at radius 1 is 1.25 bits per heavy atom. The van der Waals surface area contributed by atoms with Crippen LogP contribution >= 0.6 is 23.2 Å². The molecule has 0 bridgehead atoms. The Balaban J connectivity index is 2.40. The lowest BCUT2D eigenvalue weighted by molar-refractivity contribution is 0.0691. The largest absolute Gasteiger partial charge is 0.476 e. The summed E-state index contributed by atoms with van der Waals surface area (Å²) >= 11 is 12.1. The predicted molar refractivity (Wildman–Crippen MR) is 77.6 cm³/mol. The van der Waals surface area contributed by atoms with E-state index in [1.807, 2.05) is 12.1 Å². The van der Waals surface area contributed by atoms with Gasteiger partial charge in [-0.15, -0.1) is 0 Å². The van der Waals surface area contributed by atoms with Gasteiger partial charge in [-0.05, 0) is 30.3 Å². The van der Waals surface area contributed by atoms with Crippen molar-refractivity contribution >= 4 is 34.7 Å². The van der Waals surface area contributed by atoms with Crippen molar-refractivity contribution in [1.29, 1.82) is 0 Å². The zero-order valence-electron chi connectivity index (χ0n) is 10.0. The minimum absolute atomic E-state index is 0.0575. The summed E-state index contributed by atoms with van der Waals surface area (Å²) in [5.74, 6) is -1.11. The Morgan fingerprint density at radius 2 is 2.05 bits per heavy atom. The molecule has 2 aromatic heterocycles. The van der Waals surface area contributed by atoms with E-state index in [-0.39, 0.29) is 5.69 Å². The minimum Gasteiger partial charge on any atom is -0.476 e. The topological polar surface area (TPSA) is 54.6 Å². The van der Waals surface area contributed by atoms with Gasteiger partial charge in [0.1, 0.15) is 0 Å². The number of aromatic carboxylic acids is 1. The summed E-state index contributed by atoms with van der Waals surface area (Å²) in [6.07, 6.45) is 3.28. The van der Waals surface area contributed by atoms with Gasteiger partial charge in [0, 0.05) is 16.8 Å². The minimum atomic E-state index is -1.11. The van der Waals surface area contributed by atoms with E-state index in [1.54, 1.807) is 28.8 Å². The summed E-state index contributed by atoms with van der Waals surface area (Å²) in [5.41, 5.74) is 1.73. The summed E-state index contributed by atoms with van der Waals surface area (Å²) in [7, 11) is 0.